The molecule has 1 aromatic carbocycles. The summed E-state index contributed by atoms with van der Waals surface area (Å²) in [4.78, 5) is 11.5. The summed E-state index contributed by atoms with van der Waals surface area (Å²) in [5.41, 5.74) is 1.44. The molecule has 1 amide bonds. The van der Waals surface area contributed by atoms with Gasteiger partial charge in [0.25, 0.3) is 0 Å². The predicted octanol–water partition coefficient (Wildman–Crippen LogP) is 0.842. The van der Waals surface area contributed by atoms with Crippen LogP contribution in [0.1, 0.15) is 6.92 Å². The van der Waals surface area contributed by atoms with Gasteiger partial charge in [-0.25, -0.2) is 0 Å². The van der Waals surface area contributed by atoms with Crippen LogP contribution in [-0.2, 0) is 9.53 Å². The van der Waals surface area contributed by atoms with Crippen LogP contribution >= 0.6 is 0 Å². The van der Waals surface area contributed by atoms with Crippen molar-refractivity contribution in [3.8, 4) is 11.4 Å². The Hall–Kier alpha value is -2.28. The quantitative estimate of drug-likeness (QED) is 0.816. The fraction of sp³-hybridized carbons (Fsp3) is 0.273. The average molecular weight is 247 g/mol. The van der Waals surface area contributed by atoms with Crippen molar-refractivity contribution in [2.24, 2.45) is 0 Å². The van der Waals surface area contributed by atoms with Gasteiger partial charge in [-0.3, -0.25) is 4.79 Å². The molecule has 0 bridgehead atoms. The Kier molecular flexibility index (Phi) is 3.98. The van der Waals surface area contributed by atoms with Gasteiger partial charge in [-0.1, -0.05) is 12.1 Å². The highest BCUT2D eigenvalue weighted by atomic mass is 16.5. The first-order chi connectivity index (χ1) is 8.79. The maximum absolute atomic E-state index is 11.5. The number of hydrogen-bond acceptors (Lipinski definition) is 5. The van der Waals surface area contributed by atoms with Crippen LogP contribution in [0.3, 0.4) is 0 Å². The van der Waals surface area contributed by atoms with Crippen LogP contribution in [-0.4, -0.2) is 39.7 Å². The Morgan fingerprint density at radius 2 is 2.39 bits per heavy atom. The highest BCUT2D eigenvalue weighted by molar-refractivity contribution is 5.92. The number of ether oxygens (including phenoxy) is 1. The second kappa shape index (κ2) is 5.87. The molecule has 2 N–H and O–H groups in total. The summed E-state index contributed by atoms with van der Waals surface area (Å²) in [7, 11) is 0. The summed E-state index contributed by atoms with van der Waals surface area (Å²) < 4.78 is 5.02. The molecule has 2 aromatic rings. The number of H-pyrrole nitrogens is 1. The molecule has 0 radical (unpaired) electrons. The number of tetrazole rings is 1. The van der Waals surface area contributed by atoms with Crippen molar-refractivity contribution < 1.29 is 9.53 Å². The molecule has 0 aliphatic heterocycles. The molecule has 18 heavy (non-hydrogen) atoms. The normalized spacial score (nSPS) is 10.3. The molecule has 0 unspecified atom stereocenters. The van der Waals surface area contributed by atoms with Gasteiger partial charge in [-0.05, 0) is 24.3 Å². The van der Waals surface area contributed by atoms with Crippen molar-refractivity contribution >= 4 is 11.6 Å². The van der Waals surface area contributed by atoms with Crippen molar-refractivity contribution in [2.75, 3.05) is 18.5 Å². The number of benzene rings is 1. The number of amides is 1. The van der Waals surface area contributed by atoms with Crippen LogP contribution in [0.4, 0.5) is 5.69 Å². The third-order valence-electron chi connectivity index (χ3n) is 2.19. The van der Waals surface area contributed by atoms with Crippen LogP contribution in [0.25, 0.3) is 11.4 Å². The van der Waals surface area contributed by atoms with Crippen LogP contribution in [0.15, 0.2) is 24.3 Å². The highest BCUT2D eigenvalue weighted by Crippen LogP contribution is 2.18. The number of anilines is 1. The summed E-state index contributed by atoms with van der Waals surface area (Å²) in [6.07, 6.45) is 0. The third-order valence-corrected chi connectivity index (χ3v) is 2.19. The van der Waals surface area contributed by atoms with Crippen LogP contribution < -0.4 is 5.32 Å². The molecule has 7 heteroatoms. The molecule has 1 aromatic heterocycles. The fourth-order valence-electron chi connectivity index (χ4n) is 1.41. The van der Waals surface area contributed by atoms with E-state index in [4.69, 9.17) is 4.74 Å². The second-order valence-electron chi connectivity index (χ2n) is 3.50. The summed E-state index contributed by atoms with van der Waals surface area (Å²) in [5.74, 6) is 0.290. The molecule has 0 aliphatic rings. The van der Waals surface area contributed by atoms with E-state index in [1.807, 2.05) is 19.1 Å². The number of nitrogens with one attached hydrogen (secondary N) is 2. The number of aromatic amines is 1. The van der Waals surface area contributed by atoms with Gasteiger partial charge < -0.3 is 10.1 Å². The molecule has 0 spiro atoms. The Bertz CT molecular complexity index is 512. The number of nitrogens with zero attached hydrogens (tertiary/aromatic N) is 3. The SMILES string of the molecule is CCOCC(=O)Nc1cccc(-c2nn[nH]n2)c1. The van der Waals surface area contributed by atoms with Crippen LogP contribution in [0, 0.1) is 0 Å². The third kappa shape index (κ3) is 3.11. The summed E-state index contributed by atoms with van der Waals surface area (Å²) >= 11 is 0. The van der Waals surface area contributed by atoms with E-state index in [0.29, 0.717) is 18.1 Å². The lowest BCUT2D eigenvalue weighted by Crippen LogP contribution is -2.18. The molecular weight excluding hydrogens is 234 g/mol. The van der Waals surface area contributed by atoms with E-state index in [9.17, 15) is 4.79 Å². The molecule has 0 aliphatic carbocycles. The van der Waals surface area contributed by atoms with E-state index >= 15 is 0 Å². The molecule has 0 saturated heterocycles. The van der Waals surface area contributed by atoms with Gasteiger partial charge in [0.05, 0.1) is 0 Å². The molecule has 0 atom stereocenters. The van der Waals surface area contributed by atoms with Gasteiger partial charge in [0, 0.05) is 17.9 Å². The zero-order valence-corrected chi connectivity index (χ0v) is 9.88. The van der Waals surface area contributed by atoms with E-state index in [1.54, 1.807) is 12.1 Å². The smallest absolute Gasteiger partial charge is 0.250 e. The number of carbonyl (C=O) groups excluding carboxylic acids is 1. The van der Waals surface area contributed by atoms with Crippen LogP contribution in [0.5, 0.6) is 0 Å². The van der Waals surface area contributed by atoms with Gasteiger partial charge in [0.2, 0.25) is 11.7 Å². The van der Waals surface area contributed by atoms with Crippen molar-refractivity contribution in [1.29, 1.82) is 0 Å². The lowest BCUT2D eigenvalue weighted by atomic mass is 10.2. The molecule has 7 nitrogen and oxygen atoms in total. The average Bonchev–Trinajstić information content (AvgIpc) is 2.90. The topological polar surface area (TPSA) is 92.8 Å². The minimum Gasteiger partial charge on any atom is -0.372 e. The zero-order valence-electron chi connectivity index (χ0n) is 9.88. The Labute approximate surface area is 104 Å². The standard InChI is InChI=1S/C11H13N5O2/c1-2-18-7-10(17)12-9-5-3-4-8(6-9)11-13-15-16-14-11/h3-6H,2,7H2,1H3,(H,12,17)(H,13,14,15,16). The number of carbonyl (C=O) groups is 1. The summed E-state index contributed by atoms with van der Waals surface area (Å²) in [5, 5.41) is 16.3. The van der Waals surface area contributed by atoms with E-state index in [0.717, 1.165) is 5.56 Å². The maximum atomic E-state index is 11.5. The van der Waals surface area contributed by atoms with Gasteiger partial charge in [-0.15, -0.1) is 10.2 Å². The van der Waals surface area contributed by atoms with Gasteiger partial charge in [0.15, 0.2) is 0 Å². The highest BCUT2D eigenvalue weighted by Gasteiger charge is 2.06. The Morgan fingerprint density at radius 1 is 1.50 bits per heavy atom. The van der Waals surface area contributed by atoms with Gasteiger partial charge in [-0.2, -0.15) is 5.21 Å². The Balaban J connectivity index is 2.06. The maximum Gasteiger partial charge on any atom is 0.250 e. The summed E-state index contributed by atoms with van der Waals surface area (Å²) in [6, 6.07) is 7.20. The minimum atomic E-state index is -0.192. The van der Waals surface area contributed by atoms with Crippen molar-refractivity contribution in [3.05, 3.63) is 24.3 Å². The molecular formula is C11H13N5O2. The number of aromatic nitrogens is 4. The number of hydrogen-bond donors (Lipinski definition) is 2. The van der Waals surface area contributed by atoms with E-state index < -0.39 is 0 Å². The summed E-state index contributed by atoms with van der Waals surface area (Å²) in [6.45, 7) is 2.39. The van der Waals surface area contributed by atoms with E-state index in [1.165, 1.54) is 0 Å². The van der Waals surface area contributed by atoms with Crippen molar-refractivity contribution in [2.45, 2.75) is 6.92 Å². The minimum absolute atomic E-state index is 0.0446. The lowest BCUT2D eigenvalue weighted by Gasteiger charge is -2.05. The van der Waals surface area contributed by atoms with E-state index in [2.05, 4.69) is 25.9 Å². The van der Waals surface area contributed by atoms with Gasteiger partial charge in [0.1, 0.15) is 6.61 Å². The molecule has 0 fully saturated rings. The lowest BCUT2D eigenvalue weighted by molar-refractivity contribution is -0.120. The van der Waals surface area contributed by atoms with Gasteiger partial charge >= 0.3 is 0 Å². The monoisotopic (exact) mass is 247 g/mol. The van der Waals surface area contributed by atoms with Crippen molar-refractivity contribution in [3.63, 3.8) is 0 Å². The molecule has 0 saturated carbocycles. The first-order valence-electron chi connectivity index (χ1n) is 5.51. The fourth-order valence-corrected chi connectivity index (χ4v) is 1.41. The molecule has 1 heterocycles. The van der Waals surface area contributed by atoms with Crippen LogP contribution in [0.2, 0.25) is 0 Å². The van der Waals surface area contributed by atoms with Crippen molar-refractivity contribution in [1.82, 2.24) is 20.6 Å². The molecule has 94 valence electrons. The Morgan fingerprint density at radius 3 is 3.11 bits per heavy atom. The van der Waals surface area contributed by atoms with E-state index in [-0.39, 0.29) is 12.5 Å². The molecule has 2 rings (SSSR count). The second-order valence-corrected chi connectivity index (χ2v) is 3.50. The zero-order chi connectivity index (χ0) is 12.8. The predicted molar refractivity (Wildman–Crippen MR) is 64.7 cm³/mol. The first-order valence-corrected chi connectivity index (χ1v) is 5.51. The largest absolute Gasteiger partial charge is 0.372 e. The number of rotatable bonds is 5. The first kappa shape index (κ1) is 12.2.